The number of aliphatic carboxylic acids is 1. The second-order valence-electron chi connectivity index (χ2n) is 4.62. The van der Waals surface area contributed by atoms with Crippen LogP contribution in [0.2, 0.25) is 0 Å². The van der Waals surface area contributed by atoms with E-state index in [1.165, 1.54) is 0 Å². The maximum Gasteiger partial charge on any atom is 0.313 e. The quantitative estimate of drug-likeness (QED) is 0.767. The molecule has 1 aromatic heterocycles. The average Bonchev–Trinajstić information content (AvgIpc) is 2.97. The van der Waals surface area contributed by atoms with Gasteiger partial charge in [-0.25, -0.2) is 4.68 Å². The van der Waals surface area contributed by atoms with E-state index in [1.54, 1.807) is 10.9 Å². The number of carboxylic acids is 1. The zero-order chi connectivity index (χ0) is 15.8. The van der Waals surface area contributed by atoms with Crippen LogP contribution in [0.4, 0.5) is 0 Å². The number of nitrogens with zero attached hydrogens (tertiary/aromatic N) is 2. The lowest BCUT2D eigenvalue weighted by Crippen LogP contribution is -2.27. The van der Waals surface area contributed by atoms with Gasteiger partial charge in [-0.15, -0.1) is 11.8 Å². The molecule has 0 spiro atoms. The Hall–Kier alpha value is -2.28. The molecule has 0 radical (unpaired) electrons. The van der Waals surface area contributed by atoms with Crippen LogP contribution in [0, 0.1) is 0 Å². The van der Waals surface area contributed by atoms with E-state index in [0.29, 0.717) is 13.0 Å². The van der Waals surface area contributed by atoms with E-state index in [4.69, 9.17) is 5.11 Å². The van der Waals surface area contributed by atoms with Gasteiger partial charge in [0.15, 0.2) is 0 Å². The molecule has 0 atom stereocenters. The summed E-state index contributed by atoms with van der Waals surface area (Å²) in [5, 5.41) is 15.5. The Morgan fingerprint density at radius 3 is 2.73 bits per heavy atom. The van der Waals surface area contributed by atoms with E-state index in [2.05, 4.69) is 10.4 Å². The summed E-state index contributed by atoms with van der Waals surface area (Å²) in [6.07, 6.45) is 4.39. The average molecular weight is 319 g/mol. The minimum absolute atomic E-state index is 0.0583. The normalized spacial score (nSPS) is 10.4. The van der Waals surface area contributed by atoms with Crippen molar-refractivity contribution in [1.82, 2.24) is 15.1 Å². The van der Waals surface area contributed by atoms with Crippen LogP contribution in [0.25, 0.3) is 5.69 Å². The van der Waals surface area contributed by atoms with Gasteiger partial charge < -0.3 is 10.4 Å². The molecule has 0 saturated heterocycles. The highest BCUT2D eigenvalue weighted by Gasteiger charge is 2.05. The van der Waals surface area contributed by atoms with Gasteiger partial charge in [-0.3, -0.25) is 9.59 Å². The number of rotatable bonds is 8. The van der Waals surface area contributed by atoms with Crippen LogP contribution < -0.4 is 5.32 Å². The number of carboxylic acid groups (broad SMARTS) is 1. The van der Waals surface area contributed by atoms with Gasteiger partial charge in [-0.1, -0.05) is 18.2 Å². The van der Waals surface area contributed by atoms with Gasteiger partial charge in [0, 0.05) is 12.7 Å². The Morgan fingerprint density at radius 2 is 2.00 bits per heavy atom. The molecule has 116 valence electrons. The molecule has 0 unspecified atom stereocenters. The standard InChI is InChI=1S/C15H17N3O3S/c19-14(10-22-11-15(20)21)16-7-6-12-8-17-18(9-12)13-4-2-1-3-5-13/h1-5,8-9H,6-7,10-11H2,(H,16,19)(H,20,21). The third kappa shape index (κ3) is 5.25. The summed E-state index contributed by atoms with van der Waals surface area (Å²) >= 11 is 1.09. The Balaban J connectivity index is 1.73. The number of benzene rings is 1. The SMILES string of the molecule is O=C(O)CSCC(=O)NCCc1cnn(-c2ccccc2)c1. The van der Waals surface area contributed by atoms with Crippen LogP contribution >= 0.6 is 11.8 Å². The molecule has 0 bridgehead atoms. The van der Waals surface area contributed by atoms with Crippen molar-refractivity contribution >= 4 is 23.6 Å². The van der Waals surface area contributed by atoms with E-state index in [9.17, 15) is 9.59 Å². The Labute approximate surface area is 132 Å². The smallest absolute Gasteiger partial charge is 0.313 e. The summed E-state index contributed by atoms with van der Waals surface area (Å²) in [4.78, 5) is 21.8. The highest BCUT2D eigenvalue weighted by molar-refractivity contribution is 8.00. The first-order valence-electron chi connectivity index (χ1n) is 6.80. The molecule has 1 aromatic carbocycles. The van der Waals surface area contributed by atoms with Crippen molar-refractivity contribution in [3.63, 3.8) is 0 Å². The van der Waals surface area contributed by atoms with Crippen molar-refractivity contribution in [1.29, 1.82) is 0 Å². The Morgan fingerprint density at radius 1 is 1.23 bits per heavy atom. The fourth-order valence-electron chi connectivity index (χ4n) is 1.84. The number of hydrogen-bond acceptors (Lipinski definition) is 4. The lowest BCUT2D eigenvalue weighted by atomic mass is 10.2. The van der Waals surface area contributed by atoms with Gasteiger partial charge in [0.25, 0.3) is 0 Å². The summed E-state index contributed by atoms with van der Waals surface area (Å²) in [6, 6.07) is 9.79. The first-order chi connectivity index (χ1) is 10.6. The van der Waals surface area contributed by atoms with E-state index < -0.39 is 5.97 Å². The minimum atomic E-state index is -0.911. The first kappa shape index (κ1) is 16.1. The molecule has 0 aliphatic rings. The van der Waals surface area contributed by atoms with E-state index in [0.717, 1.165) is 23.0 Å². The number of nitrogens with one attached hydrogen (secondary N) is 1. The molecule has 0 saturated carbocycles. The molecular formula is C15H17N3O3S. The Kier molecular flexibility index (Phi) is 6.02. The third-order valence-corrected chi connectivity index (χ3v) is 3.77. The number of carbonyl (C=O) groups excluding carboxylic acids is 1. The molecule has 2 aromatic rings. The zero-order valence-corrected chi connectivity index (χ0v) is 12.8. The third-order valence-electron chi connectivity index (χ3n) is 2.85. The topological polar surface area (TPSA) is 84.2 Å². The number of para-hydroxylation sites is 1. The first-order valence-corrected chi connectivity index (χ1v) is 7.96. The lowest BCUT2D eigenvalue weighted by Gasteiger charge is -2.03. The molecule has 7 heteroatoms. The second kappa shape index (κ2) is 8.23. The fraction of sp³-hybridized carbons (Fsp3) is 0.267. The number of amides is 1. The van der Waals surface area contributed by atoms with Crippen molar-refractivity contribution in [3.8, 4) is 5.69 Å². The van der Waals surface area contributed by atoms with Crippen molar-refractivity contribution < 1.29 is 14.7 Å². The minimum Gasteiger partial charge on any atom is -0.481 e. The molecular weight excluding hydrogens is 302 g/mol. The monoisotopic (exact) mass is 319 g/mol. The van der Waals surface area contributed by atoms with Crippen LogP contribution in [0.3, 0.4) is 0 Å². The van der Waals surface area contributed by atoms with Gasteiger partial charge in [0.05, 0.1) is 23.4 Å². The predicted octanol–water partition coefficient (Wildman–Crippen LogP) is 1.35. The van der Waals surface area contributed by atoms with Crippen molar-refractivity contribution in [3.05, 3.63) is 48.3 Å². The van der Waals surface area contributed by atoms with Crippen molar-refractivity contribution in [2.24, 2.45) is 0 Å². The second-order valence-corrected chi connectivity index (χ2v) is 5.60. The molecule has 1 amide bonds. The molecule has 0 aliphatic heterocycles. The highest BCUT2D eigenvalue weighted by Crippen LogP contribution is 2.07. The Bertz CT molecular complexity index is 628. The summed E-state index contributed by atoms with van der Waals surface area (Å²) in [5.41, 5.74) is 2.02. The van der Waals surface area contributed by atoms with Gasteiger partial charge in [0.1, 0.15) is 0 Å². The summed E-state index contributed by atoms with van der Waals surface area (Å²) in [6.45, 7) is 0.507. The summed E-state index contributed by atoms with van der Waals surface area (Å²) < 4.78 is 1.79. The lowest BCUT2D eigenvalue weighted by molar-refractivity contribution is -0.133. The molecule has 2 N–H and O–H groups in total. The zero-order valence-electron chi connectivity index (χ0n) is 11.9. The van der Waals surface area contributed by atoms with E-state index >= 15 is 0 Å². The van der Waals surface area contributed by atoms with Crippen molar-refractivity contribution in [2.75, 3.05) is 18.1 Å². The fourth-order valence-corrected chi connectivity index (χ4v) is 2.40. The maximum atomic E-state index is 11.5. The molecule has 0 fully saturated rings. The van der Waals surface area contributed by atoms with Crippen LogP contribution in [-0.4, -0.2) is 44.8 Å². The van der Waals surface area contributed by atoms with Crippen LogP contribution in [0.15, 0.2) is 42.7 Å². The van der Waals surface area contributed by atoms with Gasteiger partial charge >= 0.3 is 5.97 Å². The highest BCUT2D eigenvalue weighted by atomic mass is 32.2. The van der Waals surface area contributed by atoms with E-state index in [-0.39, 0.29) is 17.4 Å². The van der Waals surface area contributed by atoms with E-state index in [1.807, 2.05) is 36.5 Å². The molecule has 0 aliphatic carbocycles. The summed E-state index contributed by atoms with van der Waals surface area (Å²) in [7, 11) is 0. The summed E-state index contributed by atoms with van der Waals surface area (Å²) in [5.74, 6) is -0.958. The molecule has 1 heterocycles. The number of aromatic nitrogens is 2. The van der Waals surface area contributed by atoms with Gasteiger partial charge in [0.2, 0.25) is 5.91 Å². The largest absolute Gasteiger partial charge is 0.481 e. The number of thioether (sulfide) groups is 1. The predicted molar refractivity (Wildman–Crippen MR) is 85.2 cm³/mol. The molecule has 2 rings (SSSR count). The van der Waals surface area contributed by atoms with Crippen LogP contribution in [0.5, 0.6) is 0 Å². The number of hydrogen-bond donors (Lipinski definition) is 2. The van der Waals surface area contributed by atoms with Crippen molar-refractivity contribution in [2.45, 2.75) is 6.42 Å². The maximum absolute atomic E-state index is 11.5. The van der Waals surface area contributed by atoms with Gasteiger partial charge in [-0.2, -0.15) is 5.10 Å². The van der Waals surface area contributed by atoms with Crippen LogP contribution in [-0.2, 0) is 16.0 Å². The molecule has 22 heavy (non-hydrogen) atoms. The van der Waals surface area contributed by atoms with Gasteiger partial charge in [-0.05, 0) is 24.1 Å². The number of carbonyl (C=O) groups is 2. The molecule has 6 nitrogen and oxygen atoms in total. The van der Waals surface area contributed by atoms with Crippen LogP contribution in [0.1, 0.15) is 5.56 Å².